The zero-order chi connectivity index (χ0) is 15.3. The molecule has 0 amide bonds. The average molecular weight is 294 g/mol. The van der Waals surface area contributed by atoms with E-state index in [9.17, 15) is 5.11 Å². The van der Waals surface area contributed by atoms with Gasteiger partial charge in [0.05, 0.1) is 18.8 Å². The van der Waals surface area contributed by atoms with Gasteiger partial charge in [0.15, 0.2) is 0 Å². The SMILES string of the molecule is CC.Cc1cc(OCC2(O)CC2)nc(N2CCOCC2)c1. The number of nitrogens with zero attached hydrogens (tertiary/aromatic N) is 2. The van der Waals surface area contributed by atoms with Crippen molar-refractivity contribution >= 4 is 5.82 Å². The van der Waals surface area contributed by atoms with Crippen molar-refractivity contribution in [2.24, 2.45) is 0 Å². The fraction of sp³-hybridized carbons (Fsp3) is 0.688. The summed E-state index contributed by atoms with van der Waals surface area (Å²) in [5.41, 5.74) is 0.513. The molecule has 0 aromatic carbocycles. The maximum Gasteiger partial charge on any atom is 0.215 e. The number of aliphatic hydroxyl groups is 1. The molecule has 1 saturated heterocycles. The van der Waals surface area contributed by atoms with Crippen molar-refractivity contribution < 1.29 is 14.6 Å². The molecule has 0 spiro atoms. The van der Waals surface area contributed by atoms with Crippen molar-refractivity contribution in [1.82, 2.24) is 4.98 Å². The van der Waals surface area contributed by atoms with Crippen molar-refractivity contribution in [1.29, 1.82) is 0 Å². The molecule has 0 atom stereocenters. The second-order valence-electron chi connectivity index (χ2n) is 5.45. The van der Waals surface area contributed by atoms with E-state index in [1.165, 1.54) is 0 Å². The van der Waals surface area contributed by atoms with Crippen LogP contribution in [0.4, 0.5) is 5.82 Å². The molecule has 0 bridgehead atoms. The second-order valence-corrected chi connectivity index (χ2v) is 5.45. The molecule has 2 aliphatic rings. The van der Waals surface area contributed by atoms with E-state index in [4.69, 9.17) is 9.47 Å². The van der Waals surface area contributed by atoms with Crippen LogP contribution in [0, 0.1) is 6.92 Å². The van der Waals surface area contributed by atoms with Gasteiger partial charge in [0, 0.05) is 19.2 Å². The van der Waals surface area contributed by atoms with Crippen LogP contribution in [0.15, 0.2) is 12.1 Å². The van der Waals surface area contributed by atoms with Gasteiger partial charge in [-0.2, -0.15) is 4.98 Å². The van der Waals surface area contributed by atoms with Crippen LogP contribution >= 0.6 is 0 Å². The zero-order valence-electron chi connectivity index (χ0n) is 13.3. The Balaban J connectivity index is 0.000000774. The van der Waals surface area contributed by atoms with Gasteiger partial charge in [-0.25, -0.2) is 0 Å². The minimum absolute atomic E-state index is 0.339. The van der Waals surface area contributed by atoms with Gasteiger partial charge in [-0.05, 0) is 31.4 Å². The lowest BCUT2D eigenvalue weighted by atomic mass is 10.2. The number of pyridine rings is 1. The van der Waals surface area contributed by atoms with E-state index in [0.29, 0.717) is 12.5 Å². The summed E-state index contributed by atoms with van der Waals surface area (Å²) in [6, 6.07) is 3.97. The van der Waals surface area contributed by atoms with Crippen LogP contribution in [0.3, 0.4) is 0 Å². The maximum absolute atomic E-state index is 9.80. The zero-order valence-corrected chi connectivity index (χ0v) is 13.3. The van der Waals surface area contributed by atoms with E-state index in [-0.39, 0.29) is 0 Å². The number of rotatable bonds is 4. The van der Waals surface area contributed by atoms with E-state index in [1.54, 1.807) is 0 Å². The Morgan fingerprint density at radius 3 is 2.57 bits per heavy atom. The van der Waals surface area contributed by atoms with Crippen LogP contribution in [0.1, 0.15) is 32.3 Å². The lowest BCUT2D eigenvalue weighted by Gasteiger charge is -2.28. The third-order valence-electron chi connectivity index (χ3n) is 3.58. The van der Waals surface area contributed by atoms with Crippen LogP contribution in [-0.4, -0.2) is 48.6 Å². The van der Waals surface area contributed by atoms with Gasteiger partial charge in [-0.15, -0.1) is 0 Å². The third kappa shape index (κ3) is 4.58. The first-order chi connectivity index (χ1) is 10.1. The van der Waals surface area contributed by atoms with E-state index < -0.39 is 5.60 Å². The Labute approximate surface area is 126 Å². The standard InChI is InChI=1S/C14H20N2O3.C2H6/c1-11-8-12(16-4-6-18-7-5-16)15-13(9-11)19-10-14(17)2-3-14;1-2/h8-9,17H,2-7,10H2,1H3;1-2H3. The molecule has 0 radical (unpaired) electrons. The fourth-order valence-electron chi connectivity index (χ4n) is 2.14. The van der Waals surface area contributed by atoms with Crippen LogP contribution in [0.25, 0.3) is 0 Å². The summed E-state index contributed by atoms with van der Waals surface area (Å²) in [6.45, 7) is 9.58. The van der Waals surface area contributed by atoms with Crippen LogP contribution in [-0.2, 0) is 4.74 Å². The third-order valence-corrected chi connectivity index (χ3v) is 3.58. The Hall–Kier alpha value is -1.33. The van der Waals surface area contributed by atoms with Gasteiger partial charge in [0.1, 0.15) is 12.4 Å². The number of morpholine rings is 1. The van der Waals surface area contributed by atoms with Gasteiger partial charge in [0.25, 0.3) is 0 Å². The van der Waals surface area contributed by atoms with Crippen LogP contribution in [0.2, 0.25) is 0 Å². The smallest absolute Gasteiger partial charge is 0.215 e. The largest absolute Gasteiger partial charge is 0.475 e. The highest BCUT2D eigenvalue weighted by Crippen LogP contribution is 2.35. The molecule has 1 aliphatic carbocycles. The molecule has 1 saturated carbocycles. The molecule has 1 aliphatic heterocycles. The van der Waals surface area contributed by atoms with Crippen molar-refractivity contribution in [3.8, 4) is 5.88 Å². The fourth-order valence-corrected chi connectivity index (χ4v) is 2.14. The number of hydrogen-bond acceptors (Lipinski definition) is 5. The highest BCUT2D eigenvalue weighted by atomic mass is 16.5. The summed E-state index contributed by atoms with van der Waals surface area (Å²) in [5.74, 6) is 1.53. The molecule has 1 N–H and O–H groups in total. The number of aromatic nitrogens is 1. The van der Waals surface area contributed by atoms with Crippen LogP contribution in [0.5, 0.6) is 5.88 Å². The predicted molar refractivity (Wildman–Crippen MR) is 83.0 cm³/mol. The van der Waals surface area contributed by atoms with Crippen LogP contribution < -0.4 is 9.64 Å². The topological polar surface area (TPSA) is 54.8 Å². The van der Waals surface area contributed by atoms with Crippen molar-refractivity contribution in [3.63, 3.8) is 0 Å². The molecular weight excluding hydrogens is 268 g/mol. The molecule has 21 heavy (non-hydrogen) atoms. The first kappa shape index (κ1) is 16.0. The first-order valence-corrected chi connectivity index (χ1v) is 7.81. The Morgan fingerprint density at radius 2 is 1.95 bits per heavy atom. The quantitative estimate of drug-likeness (QED) is 0.922. The molecule has 5 nitrogen and oxygen atoms in total. The normalized spacial score (nSPS) is 19.5. The molecule has 2 heterocycles. The van der Waals surface area contributed by atoms with E-state index >= 15 is 0 Å². The van der Waals surface area contributed by atoms with E-state index in [1.807, 2.05) is 26.8 Å². The molecular formula is C16H26N2O3. The summed E-state index contributed by atoms with van der Waals surface area (Å²) >= 11 is 0. The van der Waals surface area contributed by atoms with Gasteiger partial charge >= 0.3 is 0 Å². The monoisotopic (exact) mass is 294 g/mol. The second kappa shape index (κ2) is 7.09. The van der Waals surface area contributed by atoms with E-state index in [0.717, 1.165) is 50.5 Å². The van der Waals surface area contributed by atoms with Crippen molar-refractivity contribution in [2.45, 2.75) is 39.2 Å². The Bertz CT molecular complexity index is 455. The highest BCUT2D eigenvalue weighted by molar-refractivity contribution is 5.44. The molecule has 1 aromatic rings. The Kier molecular flexibility index (Phi) is 5.42. The van der Waals surface area contributed by atoms with Crippen molar-refractivity contribution in [2.75, 3.05) is 37.8 Å². The van der Waals surface area contributed by atoms with Gasteiger partial charge in [-0.3, -0.25) is 0 Å². The number of aryl methyl sites for hydroxylation is 1. The molecule has 3 rings (SSSR count). The average Bonchev–Trinajstić information content (AvgIpc) is 3.26. The van der Waals surface area contributed by atoms with E-state index in [2.05, 4.69) is 16.0 Å². The Morgan fingerprint density at radius 1 is 1.29 bits per heavy atom. The first-order valence-electron chi connectivity index (χ1n) is 7.81. The maximum atomic E-state index is 9.80. The van der Waals surface area contributed by atoms with Gasteiger partial charge in [-0.1, -0.05) is 13.8 Å². The summed E-state index contributed by atoms with van der Waals surface area (Å²) in [4.78, 5) is 6.73. The van der Waals surface area contributed by atoms with Gasteiger partial charge < -0.3 is 19.5 Å². The number of ether oxygens (including phenoxy) is 2. The molecule has 1 aromatic heterocycles. The summed E-state index contributed by atoms with van der Waals surface area (Å²) in [6.07, 6.45) is 1.66. The molecule has 5 heteroatoms. The lowest BCUT2D eigenvalue weighted by Crippen LogP contribution is -2.36. The van der Waals surface area contributed by atoms with Gasteiger partial charge in [0.2, 0.25) is 5.88 Å². The summed E-state index contributed by atoms with van der Waals surface area (Å²) < 4.78 is 11.0. The van der Waals surface area contributed by atoms with Crippen molar-refractivity contribution in [3.05, 3.63) is 17.7 Å². The summed E-state index contributed by atoms with van der Waals surface area (Å²) in [7, 11) is 0. The number of anilines is 1. The molecule has 0 unspecified atom stereocenters. The minimum Gasteiger partial charge on any atom is -0.475 e. The highest BCUT2D eigenvalue weighted by Gasteiger charge is 2.41. The molecule has 118 valence electrons. The lowest BCUT2D eigenvalue weighted by molar-refractivity contribution is 0.0832. The minimum atomic E-state index is -0.607. The molecule has 2 fully saturated rings. The summed E-state index contributed by atoms with van der Waals surface area (Å²) in [5, 5.41) is 9.80. The predicted octanol–water partition coefficient (Wildman–Crippen LogP) is 2.16. The number of hydrogen-bond donors (Lipinski definition) is 1.